The number of nitrogens with zero attached hydrogens (tertiary/aromatic N) is 3. The van der Waals surface area contributed by atoms with Gasteiger partial charge in [-0.05, 0) is 44.2 Å². The second kappa shape index (κ2) is 8.08. The number of ether oxygens (including phenoxy) is 1. The summed E-state index contributed by atoms with van der Waals surface area (Å²) in [4.78, 5) is 15.3. The summed E-state index contributed by atoms with van der Waals surface area (Å²) in [5.74, 6) is -0.0445. The van der Waals surface area contributed by atoms with E-state index in [9.17, 15) is 9.18 Å². The molecule has 0 radical (unpaired) electrons. The van der Waals surface area contributed by atoms with Crippen molar-refractivity contribution in [2.45, 2.75) is 24.3 Å². The molecule has 1 atom stereocenters. The van der Waals surface area contributed by atoms with Gasteiger partial charge in [0.1, 0.15) is 11.1 Å². The molecule has 0 bridgehead atoms. The Balaban J connectivity index is 1.83. The lowest BCUT2D eigenvalue weighted by molar-refractivity contribution is -0.142. The van der Waals surface area contributed by atoms with E-state index in [1.165, 1.54) is 23.9 Å². The Morgan fingerprint density at radius 3 is 2.72 bits per heavy atom. The molecule has 0 aliphatic rings. The number of fused-ring (bicyclic) bond motifs is 1. The number of halogens is 1. The Kier molecular flexibility index (Phi) is 5.35. The zero-order valence-corrected chi connectivity index (χ0v) is 16.7. The van der Waals surface area contributed by atoms with E-state index in [0.29, 0.717) is 23.3 Å². The standard InChI is InChI=1S/C21H19FN4O2S/c1-3-28-20(27)13(2)29-21-25-24-19(26(21)15-10-8-14(22)9-11-15)17-12-23-18-7-5-4-6-16(17)18/h4-13,23H,3H2,1-2H3. The van der Waals surface area contributed by atoms with E-state index in [-0.39, 0.29) is 11.8 Å². The number of hydrogen-bond donors (Lipinski definition) is 1. The molecule has 0 aliphatic heterocycles. The molecular formula is C21H19FN4O2S. The van der Waals surface area contributed by atoms with Crippen LogP contribution in [0.25, 0.3) is 28.0 Å². The average molecular weight is 410 g/mol. The number of benzene rings is 2. The van der Waals surface area contributed by atoms with Gasteiger partial charge in [0.2, 0.25) is 0 Å². The van der Waals surface area contributed by atoms with Gasteiger partial charge in [0.05, 0.1) is 6.61 Å². The molecule has 0 aliphatic carbocycles. The van der Waals surface area contributed by atoms with Crippen LogP contribution in [0.5, 0.6) is 0 Å². The third kappa shape index (κ3) is 3.75. The van der Waals surface area contributed by atoms with Crippen LogP contribution in [0.3, 0.4) is 0 Å². The maximum atomic E-state index is 13.5. The molecule has 29 heavy (non-hydrogen) atoms. The summed E-state index contributed by atoms with van der Waals surface area (Å²) in [7, 11) is 0. The fraction of sp³-hybridized carbons (Fsp3) is 0.190. The van der Waals surface area contributed by atoms with Gasteiger partial charge >= 0.3 is 5.97 Å². The van der Waals surface area contributed by atoms with Crippen molar-refractivity contribution in [3.8, 4) is 17.1 Å². The van der Waals surface area contributed by atoms with Crippen molar-refractivity contribution >= 4 is 28.6 Å². The third-order valence-electron chi connectivity index (χ3n) is 4.45. The van der Waals surface area contributed by atoms with Crippen LogP contribution in [0.1, 0.15) is 13.8 Å². The molecule has 1 unspecified atom stereocenters. The average Bonchev–Trinajstić information content (AvgIpc) is 3.33. The number of H-pyrrole nitrogens is 1. The summed E-state index contributed by atoms with van der Waals surface area (Å²) >= 11 is 1.25. The van der Waals surface area contributed by atoms with E-state index in [1.807, 2.05) is 35.0 Å². The molecule has 2 heterocycles. The molecule has 2 aromatic carbocycles. The first-order valence-corrected chi connectivity index (χ1v) is 10.1. The lowest BCUT2D eigenvalue weighted by Gasteiger charge is -2.13. The number of thioether (sulfide) groups is 1. The third-order valence-corrected chi connectivity index (χ3v) is 5.47. The summed E-state index contributed by atoms with van der Waals surface area (Å²) in [5.41, 5.74) is 2.55. The lowest BCUT2D eigenvalue weighted by atomic mass is 10.1. The highest BCUT2D eigenvalue weighted by molar-refractivity contribution is 8.00. The van der Waals surface area contributed by atoms with Crippen molar-refractivity contribution in [1.29, 1.82) is 0 Å². The molecule has 0 saturated carbocycles. The van der Waals surface area contributed by atoms with Gasteiger partial charge in [-0.25, -0.2) is 4.39 Å². The molecule has 8 heteroatoms. The van der Waals surface area contributed by atoms with Crippen LogP contribution in [0, 0.1) is 5.82 Å². The Morgan fingerprint density at radius 2 is 1.97 bits per heavy atom. The van der Waals surface area contributed by atoms with Crippen LogP contribution >= 0.6 is 11.8 Å². The van der Waals surface area contributed by atoms with E-state index >= 15 is 0 Å². The summed E-state index contributed by atoms with van der Waals surface area (Å²) < 4.78 is 20.4. The normalized spacial score (nSPS) is 12.2. The molecule has 4 aromatic rings. The van der Waals surface area contributed by atoms with Crippen molar-refractivity contribution in [3.63, 3.8) is 0 Å². The minimum Gasteiger partial charge on any atom is -0.465 e. The molecule has 0 saturated heterocycles. The number of para-hydroxylation sites is 1. The maximum Gasteiger partial charge on any atom is 0.319 e. The number of hydrogen-bond acceptors (Lipinski definition) is 5. The quantitative estimate of drug-likeness (QED) is 0.372. The maximum absolute atomic E-state index is 13.5. The molecule has 0 fully saturated rings. The highest BCUT2D eigenvalue weighted by Crippen LogP contribution is 2.33. The fourth-order valence-corrected chi connectivity index (χ4v) is 3.93. The number of esters is 1. The number of carbonyl (C=O) groups excluding carboxylic acids is 1. The van der Waals surface area contributed by atoms with Gasteiger partial charge in [-0.15, -0.1) is 10.2 Å². The molecule has 0 amide bonds. The topological polar surface area (TPSA) is 72.8 Å². The molecule has 1 N–H and O–H groups in total. The lowest BCUT2D eigenvalue weighted by Crippen LogP contribution is -2.17. The van der Waals surface area contributed by atoms with Gasteiger partial charge in [-0.1, -0.05) is 30.0 Å². The first kappa shape index (κ1) is 19.2. The first-order valence-electron chi connectivity index (χ1n) is 9.19. The van der Waals surface area contributed by atoms with E-state index in [4.69, 9.17) is 4.74 Å². The molecule has 6 nitrogen and oxygen atoms in total. The van der Waals surface area contributed by atoms with Gasteiger partial charge in [-0.2, -0.15) is 0 Å². The number of aromatic amines is 1. The minimum absolute atomic E-state index is 0.314. The summed E-state index contributed by atoms with van der Waals surface area (Å²) in [6, 6.07) is 14.0. The van der Waals surface area contributed by atoms with Crippen LogP contribution in [0.15, 0.2) is 59.9 Å². The van der Waals surface area contributed by atoms with Crippen LogP contribution in [-0.2, 0) is 9.53 Å². The second-order valence-electron chi connectivity index (χ2n) is 6.38. The van der Waals surface area contributed by atoms with Crippen LogP contribution < -0.4 is 0 Å². The van der Waals surface area contributed by atoms with Crippen LogP contribution in [0.4, 0.5) is 4.39 Å². The molecule has 0 spiro atoms. The van der Waals surface area contributed by atoms with Crippen molar-refractivity contribution in [3.05, 3.63) is 60.5 Å². The number of carbonyl (C=O) groups is 1. The minimum atomic E-state index is -0.464. The zero-order valence-electron chi connectivity index (χ0n) is 15.9. The smallest absolute Gasteiger partial charge is 0.319 e. The van der Waals surface area contributed by atoms with Crippen molar-refractivity contribution in [2.24, 2.45) is 0 Å². The summed E-state index contributed by atoms with van der Waals surface area (Å²) in [6.07, 6.45) is 1.87. The fourth-order valence-electron chi connectivity index (χ4n) is 3.07. The van der Waals surface area contributed by atoms with Gasteiger partial charge in [0, 0.05) is 28.4 Å². The summed E-state index contributed by atoms with van der Waals surface area (Å²) in [6.45, 7) is 3.85. The Morgan fingerprint density at radius 1 is 1.21 bits per heavy atom. The van der Waals surface area contributed by atoms with Gasteiger partial charge < -0.3 is 9.72 Å². The van der Waals surface area contributed by atoms with Gasteiger partial charge in [0.25, 0.3) is 0 Å². The Bertz CT molecular complexity index is 1150. The largest absolute Gasteiger partial charge is 0.465 e. The number of nitrogens with one attached hydrogen (secondary N) is 1. The van der Waals surface area contributed by atoms with Crippen LogP contribution in [0.2, 0.25) is 0 Å². The van der Waals surface area contributed by atoms with Gasteiger partial charge in [0.15, 0.2) is 11.0 Å². The molecule has 2 aromatic heterocycles. The Hall–Kier alpha value is -3.13. The monoisotopic (exact) mass is 410 g/mol. The summed E-state index contributed by atoms with van der Waals surface area (Å²) in [5, 5.41) is 9.77. The first-order chi connectivity index (χ1) is 14.1. The predicted molar refractivity (Wildman–Crippen MR) is 111 cm³/mol. The van der Waals surface area contributed by atoms with Gasteiger partial charge in [-0.3, -0.25) is 9.36 Å². The van der Waals surface area contributed by atoms with Crippen molar-refractivity contribution in [1.82, 2.24) is 19.7 Å². The van der Waals surface area contributed by atoms with Crippen molar-refractivity contribution < 1.29 is 13.9 Å². The van der Waals surface area contributed by atoms with Crippen LogP contribution in [-0.4, -0.2) is 37.6 Å². The highest BCUT2D eigenvalue weighted by atomic mass is 32.2. The second-order valence-corrected chi connectivity index (χ2v) is 7.69. The zero-order chi connectivity index (χ0) is 20.4. The Labute approximate surface area is 171 Å². The number of rotatable bonds is 6. The molecular weight excluding hydrogens is 391 g/mol. The molecule has 148 valence electrons. The van der Waals surface area contributed by atoms with E-state index in [1.54, 1.807) is 26.0 Å². The van der Waals surface area contributed by atoms with E-state index in [0.717, 1.165) is 16.5 Å². The SMILES string of the molecule is CCOC(=O)C(C)Sc1nnc(-c2c[nH]c3ccccc23)n1-c1ccc(F)cc1. The number of aromatic nitrogens is 4. The predicted octanol–water partition coefficient (Wildman–Crippen LogP) is 4.60. The molecule has 4 rings (SSSR count). The highest BCUT2D eigenvalue weighted by Gasteiger charge is 2.23. The van der Waals surface area contributed by atoms with E-state index < -0.39 is 5.25 Å². The van der Waals surface area contributed by atoms with E-state index in [2.05, 4.69) is 15.2 Å². The van der Waals surface area contributed by atoms with Crippen molar-refractivity contribution in [2.75, 3.05) is 6.61 Å².